The van der Waals surface area contributed by atoms with Crippen LogP contribution in [0.4, 0.5) is 5.69 Å². The van der Waals surface area contributed by atoms with Crippen LogP contribution in [0.5, 0.6) is 0 Å². The summed E-state index contributed by atoms with van der Waals surface area (Å²) in [6.45, 7) is 3.88. The molecule has 2 aliphatic rings. The van der Waals surface area contributed by atoms with E-state index in [1.165, 1.54) is 23.4 Å². The van der Waals surface area contributed by atoms with Gasteiger partial charge < -0.3 is 5.32 Å². The van der Waals surface area contributed by atoms with E-state index in [0.29, 0.717) is 36.7 Å². The van der Waals surface area contributed by atoms with E-state index in [9.17, 15) is 9.59 Å². The number of para-hydroxylation sites is 1. The fourth-order valence-electron chi connectivity index (χ4n) is 4.25. The number of nitrogens with zero attached hydrogens (tertiary/aromatic N) is 3. The van der Waals surface area contributed by atoms with Gasteiger partial charge in [-0.25, -0.2) is 5.01 Å². The third-order valence-electron chi connectivity index (χ3n) is 6.09. The maximum absolute atomic E-state index is 12.6. The summed E-state index contributed by atoms with van der Waals surface area (Å²) in [6, 6.07) is 19.9. The number of nitrogens with one attached hydrogen (secondary N) is 1. The molecule has 0 bridgehead atoms. The van der Waals surface area contributed by atoms with Crippen molar-refractivity contribution in [1.29, 1.82) is 0 Å². The third kappa shape index (κ3) is 5.79. The highest BCUT2D eigenvalue weighted by Gasteiger charge is 2.26. The summed E-state index contributed by atoms with van der Waals surface area (Å²) in [4.78, 5) is 27.3. The van der Waals surface area contributed by atoms with Gasteiger partial charge in [0.15, 0.2) is 0 Å². The minimum absolute atomic E-state index is 0.0787. The molecule has 6 nitrogen and oxygen atoms in total. The van der Waals surface area contributed by atoms with Crippen LogP contribution in [0.25, 0.3) is 0 Å². The van der Waals surface area contributed by atoms with Crippen LogP contribution in [0.1, 0.15) is 37.7 Å². The first kappa shape index (κ1) is 21.2. The van der Waals surface area contributed by atoms with Gasteiger partial charge in [0.05, 0.1) is 5.69 Å². The van der Waals surface area contributed by atoms with Crippen LogP contribution < -0.4 is 10.3 Å². The maximum atomic E-state index is 12.6. The molecule has 0 atom stereocenters. The Morgan fingerprint density at radius 1 is 0.968 bits per heavy atom. The second-order valence-corrected chi connectivity index (χ2v) is 8.34. The minimum Gasteiger partial charge on any atom is -0.351 e. The molecule has 0 radical (unpaired) electrons. The maximum Gasteiger partial charge on any atom is 0.267 e. The molecule has 162 valence electrons. The van der Waals surface area contributed by atoms with Crippen molar-refractivity contribution in [2.75, 3.05) is 24.6 Å². The Kier molecular flexibility index (Phi) is 7.10. The number of amides is 2. The largest absolute Gasteiger partial charge is 0.351 e. The molecule has 6 heteroatoms. The highest BCUT2D eigenvalue weighted by molar-refractivity contribution is 6.40. The second-order valence-electron chi connectivity index (χ2n) is 8.34. The summed E-state index contributed by atoms with van der Waals surface area (Å²) in [5.74, 6) is 0.406. The molecular formula is C25H30N4O2. The summed E-state index contributed by atoms with van der Waals surface area (Å²) in [5, 5.41) is 8.69. The Morgan fingerprint density at radius 3 is 2.35 bits per heavy atom. The monoisotopic (exact) mass is 418 g/mol. The Hall–Kier alpha value is -2.99. The number of carbonyl (C=O) groups excluding carboxylic acids is 2. The molecule has 31 heavy (non-hydrogen) atoms. The zero-order valence-electron chi connectivity index (χ0n) is 17.9. The van der Waals surface area contributed by atoms with Crippen molar-refractivity contribution in [3.05, 3.63) is 66.2 Å². The lowest BCUT2D eigenvalue weighted by Crippen LogP contribution is -2.40. The van der Waals surface area contributed by atoms with Gasteiger partial charge in [0.25, 0.3) is 5.91 Å². The van der Waals surface area contributed by atoms with Crippen LogP contribution in [-0.2, 0) is 16.1 Å². The first-order valence-electron chi connectivity index (χ1n) is 11.2. The van der Waals surface area contributed by atoms with E-state index in [-0.39, 0.29) is 11.8 Å². The van der Waals surface area contributed by atoms with Gasteiger partial charge in [0.2, 0.25) is 5.91 Å². The van der Waals surface area contributed by atoms with Crippen molar-refractivity contribution in [2.24, 2.45) is 11.0 Å². The molecule has 2 aromatic carbocycles. The van der Waals surface area contributed by atoms with Gasteiger partial charge in [-0.3, -0.25) is 14.5 Å². The number of anilines is 1. The molecule has 1 N–H and O–H groups in total. The molecule has 1 saturated heterocycles. The fraction of sp³-hybridized carbons (Fsp3) is 0.400. The van der Waals surface area contributed by atoms with Crippen molar-refractivity contribution >= 4 is 23.2 Å². The Balaban J connectivity index is 1.21. The number of hydrogen-bond donors (Lipinski definition) is 1. The van der Waals surface area contributed by atoms with Gasteiger partial charge in [0.1, 0.15) is 5.71 Å². The van der Waals surface area contributed by atoms with Gasteiger partial charge >= 0.3 is 0 Å². The normalized spacial score (nSPS) is 18.0. The molecule has 0 unspecified atom stereocenters. The minimum atomic E-state index is -0.157. The molecule has 1 fully saturated rings. The van der Waals surface area contributed by atoms with Crippen LogP contribution in [0.2, 0.25) is 0 Å². The summed E-state index contributed by atoms with van der Waals surface area (Å²) < 4.78 is 0. The van der Waals surface area contributed by atoms with Crippen molar-refractivity contribution < 1.29 is 9.59 Å². The molecule has 0 aliphatic carbocycles. The topological polar surface area (TPSA) is 65.0 Å². The van der Waals surface area contributed by atoms with E-state index in [2.05, 4.69) is 45.6 Å². The number of hydrogen-bond acceptors (Lipinski definition) is 4. The fourth-order valence-corrected chi connectivity index (χ4v) is 4.25. The first-order valence-corrected chi connectivity index (χ1v) is 11.2. The van der Waals surface area contributed by atoms with Gasteiger partial charge in [0, 0.05) is 25.9 Å². The predicted molar refractivity (Wildman–Crippen MR) is 123 cm³/mol. The standard InChI is InChI=1S/C25H30N4O2/c30-24-12-11-23(27-29(24)22-9-5-2-6-10-22)25(31)26-16-13-20-14-17-28(18-15-20)19-21-7-3-1-4-8-21/h1-10,20H,11-19H2,(H,26,31). The molecule has 2 amide bonds. The number of benzene rings is 2. The number of rotatable bonds is 7. The van der Waals surface area contributed by atoms with Crippen LogP contribution in [-0.4, -0.2) is 42.1 Å². The van der Waals surface area contributed by atoms with Crippen molar-refractivity contribution in [3.8, 4) is 0 Å². The van der Waals surface area contributed by atoms with Crippen LogP contribution >= 0.6 is 0 Å². The van der Waals surface area contributed by atoms with Crippen LogP contribution in [0.3, 0.4) is 0 Å². The Labute approximate surface area is 183 Å². The van der Waals surface area contributed by atoms with Crippen molar-refractivity contribution in [1.82, 2.24) is 10.2 Å². The zero-order valence-corrected chi connectivity index (χ0v) is 17.9. The van der Waals surface area contributed by atoms with E-state index in [1.807, 2.05) is 30.3 Å². The van der Waals surface area contributed by atoms with E-state index in [1.54, 1.807) is 0 Å². The summed E-state index contributed by atoms with van der Waals surface area (Å²) >= 11 is 0. The highest BCUT2D eigenvalue weighted by Crippen LogP contribution is 2.22. The number of piperidine rings is 1. The lowest BCUT2D eigenvalue weighted by Gasteiger charge is -2.32. The van der Waals surface area contributed by atoms with Gasteiger partial charge in [-0.1, -0.05) is 48.5 Å². The van der Waals surface area contributed by atoms with Crippen molar-refractivity contribution in [2.45, 2.75) is 38.6 Å². The van der Waals surface area contributed by atoms with E-state index < -0.39 is 0 Å². The zero-order chi connectivity index (χ0) is 21.5. The number of carbonyl (C=O) groups is 2. The first-order chi connectivity index (χ1) is 15.2. The quantitative estimate of drug-likeness (QED) is 0.747. The van der Waals surface area contributed by atoms with Crippen LogP contribution in [0.15, 0.2) is 65.8 Å². The molecule has 2 aliphatic heterocycles. The average molecular weight is 419 g/mol. The molecule has 0 spiro atoms. The number of likely N-dealkylation sites (tertiary alicyclic amines) is 1. The summed E-state index contributed by atoms with van der Waals surface area (Å²) in [5.41, 5.74) is 2.49. The van der Waals surface area contributed by atoms with Gasteiger partial charge in [-0.2, -0.15) is 5.10 Å². The predicted octanol–water partition coefficient (Wildman–Crippen LogP) is 3.59. The summed E-state index contributed by atoms with van der Waals surface area (Å²) in [6.07, 6.45) is 4.02. The van der Waals surface area contributed by atoms with E-state index in [4.69, 9.17) is 0 Å². The Bertz CT molecular complexity index is 906. The molecular weight excluding hydrogens is 388 g/mol. The third-order valence-corrected chi connectivity index (χ3v) is 6.09. The molecule has 4 rings (SSSR count). The molecule has 2 aromatic rings. The van der Waals surface area contributed by atoms with E-state index in [0.717, 1.165) is 26.1 Å². The molecule has 0 aromatic heterocycles. The highest BCUT2D eigenvalue weighted by atomic mass is 16.2. The molecule has 0 saturated carbocycles. The van der Waals surface area contributed by atoms with Crippen LogP contribution in [0, 0.1) is 5.92 Å². The van der Waals surface area contributed by atoms with Crippen molar-refractivity contribution in [3.63, 3.8) is 0 Å². The lowest BCUT2D eigenvalue weighted by molar-refractivity contribution is -0.118. The molecule has 2 heterocycles. The SMILES string of the molecule is O=C(NCCC1CCN(Cc2ccccc2)CC1)C1=NN(c2ccccc2)C(=O)CC1. The smallest absolute Gasteiger partial charge is 0.267 e. The number of hydrazone groups is 1. The van der Waals surface area contributed by atoms with Gasteiger partial charge in [-0.15, -0.1) is 0 Å². The average Bonchev–Trinajstić information content (AvgIpc) is 2.82. The van der Waals surface area contributed by atoms with Gasteiger partial charge in [-0.05, 0) is 56.0 Å². The summed E-state index contributed by atoms with van der Waals surface area (Å²) in [7, 11) is 0. The van der Waals surface area contributed by atoms with E-state index >= 15 is 0 Å². The Morgan fingerprint density at radius 2 is 1.65 bits per heavy atom. The second kappa shape index (κ2) is 10.4. The lowest BCUT2D eigenvalue weighted by atomic mass is 9.93.